The Bertz CT molecular complexity index is 1200. The van der Waals surface area contributed by atoms with Gasteiger partial charge in [-0.3, -0.25) is 9.59 Å². The van der Waals surface area contributed by atoms with E-state index in [4.69, 9.17) is 27.9 Å². The molecule has 1 aromatic heterocycles. The van der Waals surface area contributed by atoms with Gasteiger partial charge in [0.2, 0.25) is 10.0 Å². The van der Waals surface area contributed by atoms with Gasteiger partial charge in [-0.05, 0) is 37.3 Å². The molecule has 0 radical (unpaired) electrons. The molecule has 1 atom stereocenters. The van der Waals surface area contributed by atoms with Crippen LogP contribution in [0.15, 0.2) is 41.3 Å². The van der Waals surface area contributed by atoms with E-state index in [1.165, 1.54) is 37.3 Å². The summed E-state index contributed by atoms with van der Waals surface area (Å²) in [5.41, 5.74) is 0.957. The normalized spacial score (nSPS) is 12.5. The van der Waals surface area contributed by atoms with E-state index in [2.05, 4.69) is 18.8 Å². The lowest BCUT2D eigenvalue weighted by molar-refractivity contribution is -0.148. The average Bonchev–Trinajstić information content (AvgIpc) is 3.13. The number of hydrogen-bond acceptors (Lipinski definition) is 8. The molecule has 3 rings (SSSR count). The summed E-state index contributed by atoms with van der Waals surface area (Å²) in [4.78, 5) is 24.0. The second-order valence-electron chi connectivity index (χ2n) is 6.05. The highest BCUT2D eigenvalue weighted by molar-refractivity contribution is 7.89. The molecule has 0 unspecified atom stereocenters. The van der Waals surface area contributed by atoms with Gasteiger partial charge >= 0.3 is 5.97 Å². The van der Waals surface area contributed by atoms with E-state index in [9.17, 15) is 18.0 Å². The van der Waals surface area contributed by atoms with Crippen LogP contribution in [0.25, 0.3) is 11.0 Å². The fourth-order valence-corrected chi connectivity index (χ4v) is 4.91. The number of halogens is 2. The smallest absolute Gasteiger partial charge is 0.324 e. The van der Waals surface area contributed by atoms with Crippen LogP contribution in [0.5, 0.6) is 0 Å². The Morgan fingerprint density at radius 1 is 1.17 bits per heavy atom. The largest absolute Gasteiger partial charge is 0.454 e. The predicted molar refractivity (Wildman–Crippen MR) is 113 cm³/mol. The first-order valence-corrected chi connectivity index (χ1v) is 11.3. The molecule has 0 bridgehead atoms. The predicted octanol–water partition coefficient (Wildman–Crippen LogP) is 2.85. The van der Waals surface area contributed by atoms with Crippen LogP contribution in [0.2, 0.25) is 10.0 Å². The molecule has 0 saturated heterocycles. The zero-order valence-electron chi connectivity index (χ0n) is 15.3. The highest BCUT2D eigenvalue weighted by Crippen LogP contribution is 2.23. The van der Waals surface area contributed by atoms with Crippen molar-refractivity contribution in [2.75, 3.05) is 11.9 Å². The van der Waals surface area contributed by atoms with Crippen molar-refractivity contribution in [3.05, 3.63) is 46.4 Å². The average molecular weight is 489 g/mol. The fraction of sp³-hybridized carbons (Fsp3) is 0.176. The van der Waals surface area contributed by atoms with E-state index in [-0.39, 0.29) is 10.4 Å². The zero-order valence-corrected chi connectivity index (χ0v) is 18.4. The molecule has 2 N–H and O–H groups in total. The van der Waals surface area contributed by atoms with Crippen LogP contribution in [-0.4, -0.2) is 41.7 Å². The quantitative estimate of drug-likeness (QED) is 0.489. The molecule has 0 fully saturated rings. The second-order valence-corrected chi connectivity index (χ2v) is 9.13. The number of hydrogen-bond donors (Lipinski definition) is 2. The summed E-state index contributed by atoms with van der Waals surface area (Å²) in [6, 6.07) is 7.69. The van der Waals surface area contributed by atoms with Gasteiger partial charge in [-0.2, -0.15) is 13.5 Å². The molecule has 13 heteroatoms. The lowest BCUT2D eigenvalue weighted by Gasteiger charge is -2.14. The van der Waals surface area contributed by atoms with Gasteiger partial charge in [-0.15, -0.1) is 0 Å². The molecule has 30 heavy (non-hydrogen) atoms. The molecule has 1 heterocycles. The molecule has 0 saturated carbocycles. The SMILES string of the molecule is C[C@H](NS(=O)(=O)c1cccc2nsnc12)C(=O)OCC(=O)Nc1cc(Cl)cc(Cl)c1. The molecule has 0 spiro atoms. The topological polar surface area (TPSA) is 127 Å². The van der Waals surface area contributed by atoms with Crippen molar-refractivity contribution < 1.29 is 22.7 Å². The van der Waals surface area contributed by atoms with Crippen molar-refractivity contribution in [2.24, 2.45) is 0 Å². The Morgan fingerprint density at radius 2 is 1.87 bits per heavy atom. The van der Waals surface area contributed by atoms with Crippen LogP contribution in [0, 0.1) is 0 Å². The van der Waals surface area contributed by atoms with Crippen LogP contribution < -0.4 is 10.0 Å². The molecule has 3 aromatic rings. The van der Waals surface area contributed by atoms with Crippen molar-refractivity contribution in [3.63, 3.8) is 0 Å². The Labute approximate surface area is 185 Å². The first-order valence-electron chi connectivity index (χ1n) is 8.32. The van der Waals surface area contributed by atoms with Crippen molar-refractivity contribution in [3.8, 4) is 0 Å². The summed E-state index contributed by atoms with van der Waals surface area (Å²) in [5, 5.41) is 3.12. The minimum Gasteiger partial charge on any atom is -0.454 e. The van der Waals surface area contributed by atoms with E-state index in [0.717, 1.165) is 11.7 Å². The number of esters is 1. The number of ether oxygens (including phenoxy) is 1. The van der Waals surface area contributed by atoms with Gasteiger partial charge in [-0.25, -0.2) is 8.42 Å². The Kier molecular flexibility index (Phi) is 6.88. The number of aromatic nitrogens is 2. The third kappa shape index (κ3) is 5.43. The number of benzene rings is 2. The van der Waals surface area contributed by atoms with E-state index in [0.29, 0.717) is 21.2 Å². The minimum absolute atomic E-state index is 0.107. The number of amides is 1. The molecule has 2 aromatic carbocycles. The number of anilines is 1. The number of nitrogens with one attached hydrogen (secondary N) is 2. The number of rotatable bonds is 7. The fourth-order valence-electron chi connectivity index (χ4n) is 2.43. The zero-order chi connectivity index (χ0) is 21.9. The molecule has 0 aliphatic heterocycles. The van der Waals surface area contributed by atoms with Gasteiger partial charge in [0.15, 0.2) is 6.61 Å². The van der Waals surface area contributed by atoms with Crippen LogP contribution in [0.4, 0.5) is 5.69 Å². The summed E-state index contributed by atoms with van der Waals surface area (Å²) in [6.45, 7) is 0.675. The summed E-state index contributed by atoms with van der Waals surface area (Å²) >= 11 is 12.6. The van der Waals surface area contributed by atoms with Gasteiger partial charge in [-0.1, -0.05) is 29.3 Å². The van der Waals surface area contributed by atoms with Crippen LogP contribution in [-0.2, 0) is 24.3 Å². The second kappa shape index (κ2) is 9.23. The third-order valence-electron chi connectivity index (χ3n) is 3.72. The molecule has 9 nitrogen and oxygen atoms in total. The monoisotopic (exact) mass is 488 g/mol. The van der Waals surface area contributed by atoms with Crippen LogP contribution in [0.3, 0.4) is 0 Å². The summed E-state index contributed by atoms with van der Waals surface area (Å²) < 4.78 is 40.3. The number of carbonyl (C=O) groups excluding carboxylic acids is 2. The first kappa shape index (κ1) is 22.4. The lowest BCUT2D eigenvalue weighted by Crippen LogP contribution is -2.40. The van der Waals surface area contributed by atoms with Gasteiger partial charge in [0.25, 0.3) is 5.91 Å². The van der Waals surface area contributed by atoms with E-state index >= 15 is 0 Å². The van der Waals surface area contributed by atoms with Crippen LogP contribution in [0.1, 0.15) is 6.92 Å². The van der Waals surface area contributed by atoms with Crippen molar-refractivity contribution in [1.82, 2.24) is 13.5 Å². The minimum atomic E-state index is -4.07. The van der Waals surface area contributed by atoms with Gasteiger partial charge in [0.1, 0.15) is 22.0 Å². The van der Waals surface area contributed by atoms with Gasteiger partial charge in [0.05, 0.1) is 11.7 Å². The lowest BCUT2D eigenvalue weighted by atomic mass is 10.3. The maximum absolute atomic E-state index is 12.6. The molecular weight excluding hydrogens is 475 g/mol. The highest BCUT2D eigenvalue weighted by atomic mass is 35.5. The maximum Gasteiger partial charge on any atom is 0.324 e. The molecule has 0 aliphatic rings. The van der Waals surface area contributed by atoms with Crippen molar-refractivity contribution in [2.45, 2.75) is 17.9 Å². The summed E-state index contributed by atoms with van der Waals surface area (Å²) in [7, 11) is -4.07. The number of nitrogens with zero attached hydrogens (tertiary/aromatic N) is 2. The maximum atomic E-state index is 12.6. The standard InChI is InChI=1S/C17H14Cl2N4O5S2/c1-9(23-30(26,27)14-4-2-3-13-16(14)22-29-21-13)17(25)28-8-15(24)20-12-6-10(18)5-11(19)7-12/h2-7,9,23H,8H2,1H3,(H,20,24)/t9-/m0/s1. The van der Waals surface area contributed by atoms with E-state index in [1.807, 2.05) is 0 Å². The molecule has 0 aliphatic carbocycles. The van der Waals surface area contributed by atoms with E-state index in [1.54, 1.807) is 6.07 Å². The highest BCUT2D eigenvalue weighted by Gasteiger charge is 2.26. The van der Waals surface area contributed by atoms with Crippen LogP contribution >= 0.6 is 34.9 Å². The summed E-state index contributed by atoms with van der Waals surface area (Å²) in [5.74, 6) is -1.57. The third-order valence-corrected chi connectivity index (χ3v) is 6.27. The summed E-state index contributed by atoms with van der Waals surface area (Å²) in [6.07, 6.45) is 0. The Balaban J connectivity index is 1.59. The van der Waals surface area contributed by atoms with Gasteiger partial charge in [0, 0.05) is 15.7 Å². The molecular formula is C17H14Cl2N4O5S2. The van der Waals surface area contributed by atoms with E-state index < -0.39 is 34.5 Å². The number of fused-ring (bicyclic) bond motifs is 1. The van der Waals surface area contributed by atoms with Gasteiger partial charge < -0.3 is 10.1 Å². The Morgan fingerprint density at radius 3 is 2.57 bits per heavy atom. The van der Waals surface area contributed by atoms with Crippen molar-refractivity contribution >= 4 is 73.6 Å². The first-order chi connectivity index (χ1) is 14.2. The molecule has 1 amide bonds. The van der Waals surface area contributed by atoms with Crippen molar-refractivity contribution in [1.29, 1.82) is 0 Å². The number of carbonyl (C=O) groups is 2. The molecule has 158 valence electrons. The number of sulfonamides is 1. The Hall–Kier alpha value is -2.31.